The Morgan fingerprint density at radius 3 is 2.93 bits per heavy atom. The van der Waals surface area contributed by atoms with Crippen LogP contribution in [-0.2, 0) is 9.53 Å². The van der Waals surface area contributed by atoms with E-state index in [1.165, 1.54) is 24.9 Å². The number of carbonyl (C=O) groups excluding carboxylic acids is 1. The van der Waals surface area contributed by atoms with Crippen LogP contribution in [0.2, 0.25) is 0 Å². The van der Waals surface area contributed by atoms with Gasteiger partial charge in [0.15, 0.2) is 0 Å². The number of nitrogens with zero attached hydrogens (tertiary/aromatic N) is 1. The van der Waals surface area contributed by atoms with E-state index < -0.39 is 0 Å². The molecule has 1 heterocycles. The van der Waals surface area contributed by atoms with Gasteiger partial charge in [0, 0.05) is 5.25 Å². The van der Waals surface area contributed by atoms with Crippen LogP contribution in [0.5, 0.6) is 0 Å². The maximum Gasteiger partial charge on any atom is 0.306 e. The van der Waals surface area contributed by atoms with Gasteiger partial charge in [0.05, 0.1) is 24.8 Å². The number of carbonyl (C=O) groups is 1. The maximum absolute atomic E-state index is 12.5. The number of halogens is 1. The van der Waals surface area contributed by atoms with Crippen LogP contribution in [0.3, 0.4) is 0 Å². The standard InChI is InChI=1S/C10H12FNO2S/c1-7(5-10(13)14-2)15-9-4-3-8(11)6-12-9/h3-4,6-7H,5H2,1-2H3. The van der Waals surface area contributed by atoms with Crippen molar-refractivity contribution in [1.82, 2.24) is 4.98 Å². The molecule has 0 bridgehead atoms. The largest absolute Gasteiger partial charge is 0.469 e. The molecule has 0 fully saturated rings. The van der Waals surface area contributed by atoms with E-state index in [2.05, 4.69) is 9.72 Å². The number of thioether (sulfide) groups is 1. The number of rotatable bonds is 4. The van der Waals surface area contributed by atoms with E-state index in [1.54, 1.807) is 6.07 Å². The number of aromatic nitrogens is 1. The molecule has 0 aliphatic carbocycles. The summed E-state index contributed by atoms with van der Waals surface area (Å²) in [5.41, 5.74) is 0. The second kappa shape index (κ2) is 5.70. The van der Waals surface area contributed by atoms with Crippen molar-refractivity contribution in [2.75, 3.05) is 7.11 Å². The van der Waals surface area contributed by atoms with Crippen LogP contribution in [0.4, 0.5) is 4.39 Å². The Kier molecular flexibility index (Phi) is 4.55. The van der Waals surface area contributed by atoms with Crippen LogP contribution in [-0.4, -0.2) is 23.3 Å². The first-order valence-electron chi connectivity index (χ1n) is 4.47. The van der Waals surface area contributed by atoms with Crippen molar-refractivity contribution in [2.45, 2.75) is 23.6 Å². The first-order chi connectivity index (χ1) is 7.11. The molecule has 0 amide bonds. The Hall–Kier alpha value is -1.10. The van der Waals surface area contributed by atoms with Gasteiger partial charge in [-0.1, -0.05) is 6.92 Å². The Morgan fingerprint density at radius 2 is 2.40 bits per heavy atom. The van der Waals surface area contributed by atoms with Gasteiger partial charge in [0.1, 0.15) is 5.82 Å². The Balaban J connectivity index is 2.47. The van der Waals surface area contributed by atoms with Crippen molar-refractivity contribution in [1.29, 1.82) is 0 Å². The summed E-state index contributed by atoms with van der Waals surface area (Å²) in [6.07, 6.45) is 1.48. The summed E-state index contributed by atoms with van der Waals surface area (Å²) in [6, 6.07) is 2.94. The highest BCUT2D eigenvalue weighted by atomic mass is 32.2. The van der Waals surface area contributed by atoms with Gasteiger partial charge >= 0.3 is 5.97 Å². The normalized spacial score (nSPS) is 12.2. The quantitative estimate of drug-likeness (QED) is 0.586. The van der Waals surface area contributed by atoms with E-state index in [0.29, 0.717) is 11.4 Å². The third-order valence-electron chi connectivity index (χ3n) is 1.70. The van der Waals surface area contributed by atoms with Gasteiger partial charge in [0.2, 0.25) is 0 Å². The van der Waals surface area contributed by atoms with Crippen molar-refractivity contribution in [3.63, 3.8) is 0 Å². The summed E-state index contributed by atoms with van der Waals surface area (Å²) >= 11 is 1.42. The van der Waals surface area contributed by atoms with E-state index in [9.17, 15) is 9.18 Å². The van der Waals surface area contributed by atoms with Crippen LogP contribution < -0.4 is 0 Å². The van der Waals surface area contributed by atoms with Crippen LogP contribution >= 0.6 is 11.8 Å². The minimum Gasteiger partial charge on any atom is -0.469 e. The number of hydrogen-bond acceptors (Lipinski definition) is 4. The van der Waals surface area contributed by atoms with E-state index in [1.807, 2.05) is 6.92 Å². The zero-order valence-electron chi connectivity index (χ0n) is 8.57. The predicted molar refractivity (Wildman–Crippen MR) is 56.1 cm³/mol. The van der Waals surface area contributed by atoms with Crippen LogP contribution in [0.25, 0.3) is 0 Å². The highest BCUT2D eigenvalue weighted by Gasteiger charge is 2.11. The average Bonchev–Trinajstić information content (AvgIpc) is 2.21. The third-order valence-corrected chi connectivity index (χ3v) is 2.76. The lowest BCUT2D eigenvalue weighted by molar-refractivity contribution is -0.140. The number of hydrogen-bond donors (Lipinski definition) is 0. The first-order valence-corrected chi connectivity index (χ1v) is 5.35. The summed E-state index contributed by atoms with van der Waals surface area (Å²) in [4.78, 5) is 14.8. The van der Waals surface area contributed by atoms with Crippen LogP contribution in [0, 0.1) is 5.82 Å². The Labute approximate surface area is 92.0 Å². The molecule has 5 heteroatoms. The van der Waals surface area contributed by atoms with Crippen molar-refractivity contribution < 1.29 is 13.9 Å². The summed E-state index contributed by atoms with van der Waals surface area (Å²) in [6.45, 7) is 1.90. The molecule has 82 valence electrons. The fourth-order valence-electron chi connectivity index (χ4n) is 0.998. The molecule has 15 heavy (non-hydrogen) atoms. The average molecular weight is 229 g/mol. The summed E-state index contributed by atoms with van der Waals surface area (Å²) < 4.78 is 17.1. The van der Waals surface area contributed by atoms with Gasteiger partial charge in [-0.2, -0.15) is 0 Å². The number of esters is 1. The summed E-state index contributed by atoms with van der Waals surface area (Å²) in [5.74, 6) is -0.614. The lowest BCUT2D eigenvalue weighted by Gasteiger charge is -2.08. The van der Waals surface area contributed by atoms with Crippen molar-refractivity contribution in [3.8, 4) is 0 Å². The topological polar surface area (TPSA) is 39.2 Å². The maximum atomic E-state index is 12.5. The molecule has 0 aromatic carbocycles. The summed E-state index contributed by atoms with van der Waals surface area (Å²) in [5, 5.41) is 0.767. The van der Waals surface area contributed by atoms with Gasteiger partial charge in [-0.3, -0.25) is 4.79 Å². The monoisotopic (exact) mass is 229 g/mol. The molecule has 1 aromatic rings. The molecule has 0 aliphatic heterocycles. The lowest BCUT2D eigenvalue weighted by atomic mass is 10.3. The van der Waals surface area contributed by atoms with Crippen molar-refractivity contribution in [2.24, 2.45) is 0 Å². The van der Waals surface area contributed by atoms with Gasteiger partial charge in [-0.05, 0) is 12.1 Å². The fraction of sp³-hybridized carbons (Fsp3) is 0.400. The molecular weight excluding hydrogens is 217 g/mol. The van der Waals surface area contributed by atoms with Gasteiger partial charge in [-0.25, -0.2) is 9.37 Å². The third kappa shape index (κ3) is 4.29. The molecule has 1 rings (SSSR count). The van der Waals surface area contributed by atoms with Gasteiger partial charge < -0.3 is 4.74 Å². The molecule has 1 aromatic heterocycles. The van der Waals surface area contributed by atoms with Gasteiger partial charge in [-0.15, -0.1) is 11.8 Å². The van der Waals surface area contributed by atoms with Crippen molar-refractivity contribution >= 4 is 17.7 Å². The number of methoxy groups -OCH3 is 1. The predicted octanol–water partition coefficient (Wildman–Crippen LogP) is 2.26. The van der Waals surface area contributed by atoms with E-state index >= 15 is 0 Å². The smallest absolute Gasteiger partial charge is 0.306 e. The SMILES string of the molecule is COC(=O)CC(C)Sc1ccc(F)cn1. The number of pyridine rings is 1. The van der Waals surface area contributed by atoms with E-state index in [-0.39, 0.29) is 17.0 Å². The molecule has 0 N–H and O–H groups in total. The second-order valence-electron chi connectivity index (χ2n) is 3.02. The Morgan fingerprint density at radius 1 is 1.67 bits per heavy atom. The second-order valence-corrected chi connectivity index (χ2v) is 4.48. The molecule has 1 atom stereocenters. The molecule has 0 spiro atoms. The molecule has 0 saturated carbocycles. The molecule has 0 radical (unpaired) electrons. The van der Waals surface area contributed by atoms with Crippen LogP contribution in [0.15, 0.2) is 23.4 Å². The highest BCUT2D eigenvalue weighted by Crippen LogP contribution is 2.23. The number of ether oxygens (including phenoxy) is 1. The molecule has 0 saturated heterocycles. The molecule has 3 nitrogen and oxygen atoms in total. The highest BCUT2D eigenvalue weighted by molar-refractivity contribution is 7.99. The van der Waals surface area contributed by atoms with Crippen LogP contribution in [0.1, 0.15) is 13.3 Å². The lowest BCUT2D eigenvalue weighted by Crippen LogP contribution is -2.08. The van der Waals surface area contributed by atoms with Crippen molar-refractivity contribution in [3.05, 3.63) is 24.1 Å². The van der Waals surface area contributed by atoms with E-state index in [0.717, 1.165) is 6.20 Å². The zero-order chi connectivity index (χ0) is 11.3. The Bertz CT molecular complexity index is 329. The fourth-order valence-corrected chi connectivity index (χ4v) is 1.89. The van der Waals surface area contributed by atoms with E-state index in [4.69, 9.17) is 0 Å². The first kappa shape index (κ1) is 12.0. The minimum absolute atomic E-state index is 0.0652. The minimum atomic E-state index is -0.361. The molecule has 0 aliphatic rings. The van der Waals surface area contributed by atoms with Gasteiger partial charge in [0.25, 0.3) is 0 Å². The zero-order valence-corrected chi connectivity index (χ0v) is 9.38. The summed E-state index contributed by atoms with van der Waals surface area (Å²) in [7, 11) is 1.36. The molecular formula is C10H12FNO2S. The molecule has 1 unspecified atom stereocenters.